The SMILES string of the molecule is CC(=O)N(c1cccc(F)c1)c1onc(-c2ccc(F)cc2F)c1-c1ccncn1. The third-order valence-corrected chi connectivity index (χ3v) is 4.28. The molecule has 1 amide bonds. The highest BCUT2D eigenvalue weighted by Crippen LogP contribution is 2.42. The molecule has 0 fully saturated rings. The van der Waals surface area contributed by atoms with Gasteiger partial charge >= 0.3 is 0 Å². The molecular weight excluding hydrogens is 397 g/mol. The van der Waals surface area contributed by atoms with Crippen molar-refractivity contribution in [3.05, 3.63) is 78.5 Å². The number of hydrogen-bond donors (Lipinski definition) is 0. The van der Waals surface area contributed by atoms with Crippen molar-refractivity contribution in [2.45, 2.75) is 6.92 Å². The van der Waals surface area contributed by atoms with Gasteiger partial charge in [-0.3, -0.25) is 4.79 Å². The van der Waals surface area contributed by atoms with Crippen LogP contribution in [0.4, 0.5) is 24.7 Å². The minimum atomic E-state index is -0.870. The maximum absolute atomic E-state index is 14.5. The van der Waals surface area contributed by atoms with Crippen molar-refractivity contribution in [3.8, 4) is 22.5 Å². The molecule has 2 aromatic carbocycles. The molecule has 0 unspecified atom stereocenters. The zero-order valence-electron chi connectivity index (χ0n) is 15.5. The minimum absolute atomic E-state index is 0.00357. The summed E-state index contributed by atoms with van der Waals surface area (Å²) in [4.78, 5) is 21.6. The van der Waals surface area contributed by atoms with E-state index in [2.05, 4.69) is 15.1 Å². The van der Waals surface area contributed by atoms with Crippen molar-refractivity contribution in [1.29, 1.82) is 0 Å². The summed E-state index contributed by atoms with van der Waals surface area (Å²) in [6.45, 7) is 1.26. The lowest BCUT2D eigenvalue weighted by Crippen LogP contribution is -2.23. The summed E-state index contributed by atoms with van der Waals surface area (Å²) >= 11 is 0. The number of halogens is 3. The molecule has 30 heavy (non-hydrogen) atoms. The Morgan fingerprint density at radius 1 is 1.03 bits per heavy atom. The van der Waals surface area contributed by atoms with Crippen LogP contribution in [-0.2, 0) is 4.79 Å². The highest BCUT2D eigenvalue weighted by molar-refractivity contribution is 6.02. The van der Waals surface area contributed by atoms with E-state index in [4.69, 9.17) is 4.52 Å². The Bertz CT molecular complexity index is 1230. The van der Waals surface area contributed by atoms with Crippen LogP contribution in [0, 0.1) is 17.5 Å². The van der Waals surface area contributed by atoms with Gasteiger partial charge in [0.05, 0.1) is 16.9 Å². The predicted octanol–water partition coefficient (Wildman–Crippen LogP) is 4.90. The van der Waals surface area contributed by atoms with Gasteiger partial charge in [-0.05, 0) is 36.4 Å². The van der Waals surface area contributed by atoms with Gasteiger partial charge in [-0.2, -0.15) is 0 Å². The molecule has 9 heteroatoms. The van der Waals surface area contributed by atoms with Gasteiger partial charge in [0.2, 0.25) is 11.8 Å². The number of nitrogens with zero attached hydrogens (tertiary/aromatic N) is 4. The van der Waals surface area contributed by atoms with Gasteiger partial charge in [-0.25, -0.2) is 28.0 Å². The van der Waals surface area contributed by atoms with E-state index in [9.17, 15) is 18.0 Å². The molecule has 0 N–H and O–H groups in total. The quantitative estimate of drug-likeness (QED) is 0.479. The largest absolute Gasteiger partial charge is 0.336 e. The smallest absolute Gasteiger partial charge is 0.248 e. The average molecular weight is 410 g/mol. The maximum Gasteiger partial charge on any atom is 0.248 e. The topological polar surface area (TPSA) is 72.1 Å². The van der Waals surface area contributed by atoms with E-state index in [-0.39, 0.29) is 34.1 Å². The molecule has 2 heterocycles. The second-order valence-electron chi connectivity index (χ2n) is 6.26. The second-order valence-corrected chi connectivity index (χ2v) is 6.26. The molecule has 4 rings (SSSR count). The number of amides is 1. The van der Waals surface area contributed by atoms with Crippen LogP contribution in [-0.4, -0.2) is 21.0 Å². The summed E-state index contributed by atoms with van der Waals surface area (Å²) in [5.41, 5.74) is 0.580. The van der Waals surface area contributed by atoms with E-state index < -0.39 is 23.4 Å². The van der Waals surface area contributed by atoms with Crippen LogP contribution in [0.3, 0.4) is 0 Å². The van der Waals surface area contributed by atoms with Crippen LogP contribution in [0.2, 0.25) is 0 Å². The number of carbonyl (C=O) groups is 1. The minimum Gasteiger partial charge on any atom is -0.336 e. The lowest BCUT2D eigenvalue weighted by Gasteiger charge is -2.19. The second kappa shape index (κ2) is 7.78. The monoisotopic (exact) mass is 410 g/mol. The fourth-order valence-electron chi connectivity index (χ4n) is 3.03. The van der Waals surface area contributed by atoms with Gasteiger partial charge in [0.15, 0.2) is 0 Å². The Labute approximate surface area is 168 Å². The Hall–Kier alpha value is -4.01. The normalized spacial score (nSPS) is 10.8. The fraction of sp³-hybridized carbons (Fsp3) is 0.0476. The molecule has 0 aliphatic carbocycles. The molecule has 0 radical (unpaired) electrons. The molecule has 0 bridgehead atoms. The van der Waals surface area contributed by atoms with Crippen LogP contribution in [0.5, 0.6) is 0 Å². The van der Waals surface area contributed by atoms with E-state index in [0.29, 0.717) is 6.07 Å². The molecule has 0 saturated carbocycles. The number of carbonyl (C=O) groups excluding carboxylic acids is 1. The molecule has 0 aliphatic rings. The molecule has 2 aromatic heterocycles. The molecule has 4 aromatic rings. The summed E-state index contributed by atoms with van der Waals surface area (Å²) in [6.07, 6.45) is 2.71. The first-order chi connectivity index (χ1) is 14.5. The van der Waals surface area contributed by atoms with Crippen LogP contribution < -0.4 is 4.90 Å². The summed E-state index contributed by atoms with van der Waals surface area (Å²) in [5.74, 6) is -2.78. The highest BCUT2D eigenvalue weighted by Gasteiger charge is 2.29. The van der Waals surface area contributed by atoms with E-state index >= 15 is 0 Å². The number of hydrogen-bond acceptors (Lipinski definition) is 5. The van der Waals surface area contributed by atoms with Gasteiger partial charge in [0.25, 0.3) is 0 Å². The molecule has 0 spiro atoms. The fourth-order valence-corrected chi connectivity index (χ4v) is 3.03. The van der Waals surface area contributed by atoms with E-state index in [0.717, 1.165) is 17.0 Å². The zero-order chi connectivity index (χ0) is 21.3. The van der Waals surface area contributed by atoms with Crippen LogP contribution >= 0.6 is 0 Å². The summed E-state index contributed by atoms with van der Waals surface area (Å²) in [5, 5.41) is 3.92. The highest BCUT2D eigenvalue weighted by atomic mass is 19.1. The standard InChI is InChI=1S/C21H13F3N4O2/c1-12(29)28(15-4-2-3-13(22)9-15)21-19(18-7-8-25-11-26-18)20(27-30-21)16-6-5-14(23)10-17(16)24/h2-11H,1H3. The molecule has 0 saturated heterocycles. The lowest BCUT2D eigenvalue weighted by atomic mass is 10.0. The summed E-state index contributed by atoms with van der Waals surface area (Å²) in [7, 11) is 0. The Morgan fingerprint density at radius 2 is 1.83 bits per heavy atom. The first-order valence-electron chi connectivity index (χ1n) is 8.73. The first kappa shape index (κ1) is 19.3. The van der Waals surface area contributed by atoms with Gasteiger partial charge in [0.1, 0.15) is 29.5 Å². The van der Waals surface area contributed by atoms with E-state index in [1.807, 2.05) is 0 Å². The third-order valence-electron chi connectivity index (χ3n) is 4.28. The number of benzene rings is 2. The third kappa shape index (κ3) is 3.52. The van der Waals surface area contributed by atoms with Crippen LogP contribution in [0.25, 0.3) is 22.5 Å². The zero-order valence-corrected chi connectivity index (χ0v) is 15.5. The van der Waals surface area contributed by atoms with E-state index in [1.54, 1.807) is 0 Å². The molecule has 0 aliphatic heterocycles. The van der Waals surface area contributed by atoms with Crippen molar-refractivity contribution in [3.63, 3.8) is 0 Å². The van der Waals surface area contributed by atoms with Gasteiger partial charge in [-0.1, -0.05) is 11.2 Å². The van der Waals surface area contributed by atoms with Crippen LogP contribution in [0.1, 0.15) is 6.92 Å². The number of anilines is 2. The Balaban J connectivity index is 1.98. The lowest BCUT2D eigenvalue weighted by molar-refractivity contribution is -0.116. The molecule has 0 atom stereocenters. The van der Waals surface area contributed by atoms with Gasteiger partial charge in [0, 0.05) is 24.8 Å². The number of rotatable bonds is 4. The Kier molecular flexibility index (Phi) is 5.01. The van der Waals surface area contributed by atoms with Crippen molar-refractivity contribution < 1.29 is 22.5 Å². The van der Waals surface area contributed by atoms with Crippen molar-refractivity contribution in [2.24, 2.45) is 0 Å². The predicted molar refractivity (Wildman–Crippen MR) is 102 cm³/mol. The Morgan fingerprint density at radius 3 is 2.50 bits per heavy atom. The first-order valence-corrected chi connectivity index (χ1v) is 8.73. The summed E-state index contributed by atoms with van der Waals surface area (Å²) in [6, 6.07) is 9.83. The van der Waals surface area contributed by atoms with Crippen molar-refractivity contribution in [1.82, 2.24) is 15.1 Å². The summed E-state index contributed by atoms with van der Waals surface area (Å²) < 4.78 is 47.1. The maximum atomic E-state index is 14.5. The molecular formula is C21H13F3N4O2. The average Bonchev–Trinajstić information content (AvgIpc) is 3.13. The van der Waals surface area contributed by atoms with E-state index in [1.165, 1.54) is 49.8 Å². The molecule has 6 nitrogen and oxygen atoms in total. The number of aromatic nitrogens is 3. The van der Waals surface area contributed by atoms with Gasteiger partial charge in [-0.15, -0.1) is 0 Å². The van der Waals surface area contributed by atoms with Crippen molar-refractivity contribution in [2.75, 3.05) is 4.90 Å². The van der Waals surface area contributed by atoms with Crippen molar-refractivity contribution >= 4 is 17.5 Å². The van der Waals surface area contributed by atoms with Crippen LogP contribution in [0.15, 0.2) is 65.6 Å². The molecule has 150 valence electrons. The van der Waals surface area contributed by atoms with Gasteiger partial charge < -0.3 is 4.52 Å².